The minimum absolute atomic E-state index is 0.0164. The Balaban J connectivity index is 2.22. The van der Waals surface area contributed by atoms with Gasteiger partial charge >= 0.3 is 0 Å². The molecule has 1 aromatic carbocycles. The van der Waals surface area contributed by atoms with E-state index in [4.69, 9.17) is 8.22 Å². The van der Waals surface area contributed by atoms with Gasteiger partial charge in [0, 0.05) is 31.5 Å². The Labute approximate surface area is 139 Å². The van der Waals surface area contributed by atoms with Crippen LogP contribution in [0.15, 0.2) is 42.6 Å². The summed E-state index contributed by atoms with van der Waals surface area (Å²) in [4.78, 5) is 11.7. The van der Waals surface area contributed by atoms with E-state index in [1.54, 1.807) is 12.3 Å². The first-order valence-corrected chi connectivity index (χ1v) is 6.80. The average molecular weight is 297 g/mol. The van der Waals surface area contributed by atoms with Crippen LogP contribution in [0.1, 0.15) is 25.4 Å². The molecule has 0 saturated heterocycles. The highest BCUT2D eigenvalue weighted by Gasteiger charge is 2.15. The summed E-state index contributed by atoms with van der Waals surface area (Å²) in [5.41, 5.74) is 3.43. The van der Waals surface area contributed by atoms with Gasteiger partial charge < -0.3 is 0 Å². The van der Waals surface area contributed by atoms with Gasteiger partial charge in [-0.15, -0.1) is 0 Å². The Hall–Kier alpha value is -2.62. The molecule has 0 amide bonds. The van der Waals surface area contributed by atoms with Gasteiger partial charge in [0.15, 0.2) is 12.0 Å². The summed E-state index contributed by atoms with van der Waals surface area (Å²) >= 11 is 0. The molecule has 22 heavy (non-hydrogen) atoms. The standard InChI is InChI=1S/C18H19N4/c1-12-7-5-6-8-16(12)17-11-15(9-10-22(17)4)18-20-13(2)19-14(3)21-18/h5-11H,1-4H3/q+1/i2D3,3D3. The minimum Gasteiger partial charge on any atom is -0.219 e. The Morgan fingerprint density at radius 2 is 1.73 bits per heavy atom. The third-order valence-electron chi connectivity index (χ3n) is 3.46. The molecule has 2 heterocycles. The molecule has 3 rings (SSSR count). The van der Waals surface area contributed by atoms with E-state index in [1.165, 1.54) is 0 Å². The van der Waals surface area contributed by atoms with Crippen molar-refractivity contribution < 1.29 is 12.8 Å². The molecular formula is C18H19N4+. The molecule has 0 spiro atoms. The first-order valence-electron chi connectivity index (χ1n) is 9.80. The summed E-state index contributed by atoms with van der Waals surface area (Å²) in [7, 11) is 1.89. The second-order valence-corrected chi connectivity index (χ2v) is 5.03. The Kier molecular flexibility index (Phi) is 2.24. The van der Waals surface area contributed by atoms with Crippen molar-refractivity contribution in [3.05, 3.63) is 59.8 Å². The largest absolute Gasteiger partial charge is 0.219 e. The van der Waals surface area contributed by atoms with Crippen LogP contribution >= 0.6 is 0 Å². The molecule has 0 radical (unpaired) electrons. The van der Waals surface area contributed by atoms with Gasteiger partial charge in [-0.25, -0.2) is 19.5 Å². The monoisotopic (exact) mass is 297 g/mol. The van der Waals surface area contributed by atoms with E-state index in [1.807, 2.05) is 48.9 Å². The van der Waals surface area contributed by atoms with E-state index in [-0.39, 0.29) is 5.82 Å². The van der Waals surface area contributed by atoms with Gasteiger partial charge in [-0.2, -0.15) is 0 Å². The highest BCUT2D eigenvalue weighted by molar-refractivity contribution is 5.66. The molecule has 3 aromatic rings. The zero-order valence-corrected chi connectivity index (χ0v) is 12.3. The molecule has 0 aliphatic rings. The van der Waals surface area contributed by atoms with Crippen molar-refractivity contribution in [3.8, 4) is 22.6 Å². The summed E-state index contributed by atoms with van der Waals surface area (Å²) in [6.07, 6.45) is 1.80. The number of aryl methyl sites for hydroxylation is 4. The lowest BCUT2D eigenvalue weighted by Gasteiger charge is -2.07. The van der Waals surface area contributed by atoms with E-state index in [2.05, 4.69) is 15.0 Å². The number of pyridine rings is 1. The maximum Gasteiger partial charge on any atom is 0.213 e. The van der Waals surface area contributed by atoms with E-state index >= 15 is 0 Å². The molecule has 0 unspecified atom stereocenters. The van der Waals surface area contributed by atoms with Crippen LogP contribution in [0.4, 0.5) is 0 Å². The van der Waals surface area contributed by atoms with Crippen molar-refractivity contribution in [2.24, 2.45) is 7.05 Å². The second kappa shape index (κ2) is 5.64. The number of hydrogen-bond donors (Lipinski definition) is 0. The number of benzene rings is 1. The van der Waals surface area contributed by atoms with E-state index in [9.17, 15) is 0 Å². The molecule has 110 valence electrons. The molecule has 0 aliphatic heterocycles. The molecule has 0 N–H and O–H groups in total. The predicted octanol–water partition coefficient (Wildman–Crippen LogP) is 2.96. The van der Waals surface area contributed by atoms with Gasteiger partial charge in [0.25, 0.3) is 0 Å². The van der Waals surface area contributed by atoms with E-state index in [0.717, 1.165) is 16.8 Å². The maximum absolute atomic E-state index is 7.56. The average Bonchev–Trinajstić information content (AvgIpc) is 2.61. The number of nitrogens with zero attached hydrogens (tertiary/aromatic N) is 4. The molecule has 0 saturated carbocycles. The lowest BCUT2D eigenvalue weighted by Crippen LogP contribution is -2.30. The van der Waals surface area contributed by atoms with Gasteiger partial charge in [0.2, 0.25) is 5.69 Å². The summed E-state index contributed by atoms with van der Waals surface area (Å²) < 4.78 is 47.3. The first kappa shape index (κ1) is 8.73. The third kappa shape index (κ3) is 2.72. The van der Waals surface area contributed by atoms with Gasteiger partial charge in [-0.3, -0.25) is 0 Å². The maximum atomic E-state index is 7.56. The minimum atomic E-state index is -2.64. The lowest BCUT2D eigenvalue weighted by atomic mass is 10.0. The normalized spacial score (nSPS) is 15.9. The Morgan fingerprint density at radius 3 is 2.41 bits per heavy atom. The van der Waals surface area contributed by atoms with E-state index < -0.39 is 25.4 Å². The number of rotatable bonds is 2. The van der Waals surface area contributed by atoms with Crippen molar-refractivity contribution >= 4 is 0 Å². The number of hydrogen-bond acceptors (Lipinski definition) is 3. The molecule has 0 bridgehead atoms. The molecule has 2 aromatic heterocycles. The molecule has 0 aliphatic carbocycles. The fourth-order valence-corrected chi connectivity index (χ4v) is 2.34. The van der Waals surface area contributed by atoms with Crippen LogP contribution in [0.25, 0.3) is 22.6 Å². The highest BCUT2D eigenvalue weighted by atomic mass is 15.0. The van der Waals surface area contributed by atoms with Gasteiger partial charge in [-0.05, 0) is 32.3 Å². The highest BCUT2D eigenvalue weighted by Crippen LogP contribution is 2.23. The van der Waals surface area contributed by atoms with Crippen LogP contribution in [0.5, 0.6) is 0 Å². The molecule has 0 atom stereocenters. The summed E-state index contributed by atoms with van der Waals surface area (Å²) in [6.45, 7) is -3.30. The van der Waals surface area contributed by atoms with Crippen molar-refractivity contribution in [2.75, 3.05) is 0 Å². The topological polar surface area (TPSA) is 42.5 Å². The van der Waals surface area contributed by atoms with Crippen molar-refractivity contribution in [2.45, 2.75) is 20.6 Å². The first-order chi connectivity index (χ1) is 13.0. The SMILES string of the molecule is [2H]C([2H])([2H])c1nc(-c2cc[n+](C)c(-c3ccccc3C)c2)nc(C([2H])([2H])[2H])n1. The van der Waals surface area contributed by atoms with Crippen LogP contribution in [0.2, 0.25) is 0 Å². The lowest BCUT2D eigenvalue weighted by molar-refractivity contribution is -0.660. The Bertz CT molecular complexity index is 995. The smallest absolute Gasteiger partial charge is 0.213 e. The van der Waals surface area contributed by atoms with Crippen molar-refractivity contribution in [1.29, 1.82) is 0 Å². The van der Waals surface area contributed by atoms with Crippen molar-refractivity contribution in [1.82, 2.24) is 15.0 Å². The molecular weight excluding hydrogens is 272 g/mol. The Morgan fingerprint density at radius 1 is 1.00 bits per heavy atom. The van der Waals surface area contributed by atoms with Crippen LogP contribution in [-0.2, 0) is 7.05 Å². The second-order valence-electron chi connectivity index (χ2n) is 5.03. The van der Waals surface area contributed by atoms with E-state index in [0.29, 0.717) is 5.56 Å². The quantitative estimate of drug-likeness (QED) is 0.683. The number of aromatic nitrogens is 4. The zero-order chi connectivity index (χ0) is 20.7. The fraction of sp³-hybridized carbons (Fsp3) is 0.222. The molecule has 0 fully saturated rings. The zero-order valence-electron chi connectivity index (χ0n) is 18.3. The van der Waals surface area contributed by atoms with Crippen LogP contribution in [0, 0.1) is 20.6 Å². The van der Waals surface area contributed by atoms with Crippen molar-refractivity contribution in [3.63, 3.8) is 0 Å². The summed E-state index contributed by atoms with van der Waals surface area (Å²) in [5, 5.41) is 0. The van der Waals surface area contributed by atoms with Crippen LogP contribution in [0.3, 0.4) is 0 Å². The third-order valence-corrected chi connectivity index (χ3v) is 3.46. The molecule has 4 nitrogen and oxygen atoms in total. The summed E-state index contributed by atoms with van der Waals surface area (Å²) in [5.74, 6) is -1.05. The predicted molar refractivity (Wildman–Crippen MR) is 86.1 cm³/mol. The fourth-order valence-electron chi connectivity index (χ4n) is 2.34. The van der Waals surface area contributed by atoms with Gasteiger partial charge in [0.05, 0.1) is 0 Å². The van der Waals surface area contributed by atoms with Crippen LogP contribution < -0.4 is 4.57 Å². The summed E-state index contributed by atoms with van der Waals surface area (Å²) in [6, 6.07) is 11.4. The molecule has 4 heteroatoms. The van der Waals surface area contributed by atoms with Gasteiger partial charge in [-0.1, -0.05) is 18.2 Å². The van der Waals surface area contributed by atoms with Gasteiger partial charge in [0.1, 0.15) is 18.7 Å². The van der Waals surface area contributed by atoms with Crippen LogP contribution in [-0.4, -0.2) is 15.0 Å².